The van der Waals surface area contributed by atoms with Crippen molar-refractivity contribution in [2.45, 2.75) is 6.61 Å². The maximum atomic E-state index is 13.2. The van der Waals surface area contributed by atoms with E-state index in [0.29, 0.717) is 0 Å². The van der Waals surface area contributed by atoms with Crippen LogP contribution >= 0.6 is 0 Å². The monoisotopic (exact) mass is 300 g/mol. The molecule has 0 atom stereocenters. The highest BCUT2D eigenvalue weighted by Gasteiger charge is 2.09. The first-order valence-corrected chi connectivity index (χ1v) is 6.48. The van der Waals surface area contributed by atoms with Gasteiger partial charge in [0.25, 0.3) is 0 Å². The average Bonchev–Trinajstić information content (AvgIpc) is 2.51. The standard InChI is InChI=1S/C17H13FO4/c18-14-7-8-15(17(20)21)13(10-14)6-9-16(19)22-11-12-4-2-1-3-5-12/h1-10H,11H2,(H,20,21)/b9-6+. The maximum absolute atomic E-state index is 13.2. The number of carbonyl (C=O) groups is 2. The van der Waals surface area contributed by atoms with Gasteiger partial charge in [-0.15, -0.1) is 0 Å². The molecule has 0 aliphatic carbocycles. The van der Waals surface area contributed by atoms with Gasteiger partial charge in [-0.25, -0.2) is 14.0 Å². The summed E-state index contributed by atoms with van der Waals surface area (Å²) in [5.41, 5.74) is 0.846. The molecule has 2 aromatic rings. The Labute approximate surface area is 126 Å². The third kappa shape index (κ3) is 4.28. The minimum atomic E-state index is -1.20. The number of carboxylic acid groups (broad SMARTS) is 1. The summed E-state index contributed by atoms with van der Waals surface area (Å²) in [6.45, 7) is 0.110. The number of carbonyl (C=O) groups excluding carboxylic acids is 1. The van der Waals surface area contributed by atoms with Crippen molar-refractivity contribution in [1.82, 2.24) is 0 Å². The molecule has 0 radical (unpaired) electrons. The van der Waals surface area contributed by atoms with Crippen LogP contribution in [0.4, 0.5) is 4.39 Å². The Morgan fingerprint density at radius 3 is 2.55 bits per heavy atom. The van der Waals surface area contributed by atoms with Gasteiger partial charge in [-0.1, -0.05) is 30.3 Å². The van der Waals surface area contributed by atoms with Crippen LogP contribution in [0.5, 0.6) is 0 Å². The Balaban J connectivity index is 2.03. The summed E-state index contributed by atoms with van der Waals surface area (Å²) in [5, 5.41) is 9.00. The number of hydrogen-bond donors (Lipinski definition) is 1. The number of esters is 1. The Morgan fingerprint density at radius 2 is 1.86 bits per heavy atom. The molecule has 0 spiro atoms. The molecule has 112 valence electrons. The molecule has 0 heterocycles. The number of halogens is 1. The molecule has 2 aromatic carbocycles. The van der Waals surface area contributed by atoms with Crippen molar-refractivity contribution in [2.75, 3.05) is 0 Å². The van der Waals surface area contributed by atoms with Crippen molar-refractivity contribution >= 4 is 18.0 Å². The van der Waals surface area contributed by atoms with Gasteiger partial charge < -0.3 is 9.84 Å². The van der Waals surface area contributed by atoms with Crippen molar-refractivity contribution in [3.63, 3.8) is 0 Å². The van der Waals surface area contributed by atoms with E-state index in [0.717, 1.165) is 29.8 Å². The van der Waals surface area contributed by atoms with Crippen LogP contribution in [0.1, 0.15) is 21.5 Å². The quantitative estimate of drug-likeness (QED) is 0.680. The molecule has 1 N–H and O–H groups in total. The van der Waals surface area contributed by atoms with Crippen LogP contribution in [0.25, 0.3) is 6.08 Å². The average molecular weight is 300 g/mol. The van der Waals surface area contributed by atoms with Crippen LogP contribution in [0, 0.1) is 5.82 Å². The largest absolute Gasteiger partial charge is 0.478 e. The van der Waals surface area contributed by atoms with E-state index < -0.39 is 17.8 Å². The van der Waals surface area contributed by atoms with Crippen LogP contribution in [0.15, 0.2) is 54.6 Å². The van der Waals surface area contributed by atoms with Crippen molar-refractivity contribution in [3.05, 3.63) is 77.1 Å². The van der Waals surface area contributed by atoms with E-state index >= 15 is 0 Å². The number of aromatic carboxylic acids is 1. The highest BCUT2D eigenvalue weighted by Crippen LogP contribution is 2.13. The third-order valence-electron chi connectivity index (χ3n) is 2.87. The van der Waals surface area contributed by atoms with E-state index in [-0.39, 0.29) is 17.7 Å². The Kier molecular flexibility index (Phi) is 5.03. The first-order chi connectivity index (χ1) is 10.6. The molecular formula is C17H13FO4. The predicted octanol–water partition coefficient (Wildman–Crippen LogP) is 3.28. The Bertz CT molecular complexity index is 708. The molecule has 0 bridgehead atoms. The van der Waals surface area contributed by atoms with Crippen molar-refractivity contribution in [3.8, 4) is 0 Å². The molecule has 0 amide bonds. The summed E-state index contributed by atoms with van der Waals surface area (Å²) in [7, 11) is 0. The van der Waals surface area contributed by atoms with Gasteiger partial charge in [0.15, 0.2) is 0 Å². The summed E-state index contributed by atoms with van der Waals surface area (Å²) >= 11 is 0. The zero-order valence-corrected chi connectivity index (χ0v) is 11.5. The topological polar surface area (TPSA) is 63.6 Å². The highest BCUT2D eigenvalue weighted by molar-refractivity contribution is 5.94. The summed E-state index contributed by atoms with van der Waals surface area (Å²) in [5.74, 6) is -2.41. The van der Waals surface area contributed by atoms with Gasteiger partial charge in [0.05, 0.1) is 5.56 Å². The second-order valence-electron chi connectivity index (χ2n) is 4.46. The summed E-state index contributed by atoms with van der Waals surface area (Å²) in [6.07, 6.45) is 2.30. The van der Waals surface area contributed by atoms with Gasteiger partial charge in [-0.05, 0) is 35.4 Å². The molecule has 0 saturated carbocycles. The van der Waals surface area contributed by atoms with Crippen LogP contribution in [-0.2, 0) is 16.1 Å². The SMILES string of the molecule is O=C(/C=C/c1cc(F)ccc1C(=O)O)OCc1ccccc1. The molecule has 4 nitrogen and oxygen atoms in total. The zero-order valence-electron chi connectivity index (χ0n) is 11.5. The van der Waals surface area contributed by atoms with E-state index in [1.165, 1.54) is 6.08 Å². The Morgan fingerprint density at radius 1 is 1.14 bits per heavy atom. The highest BCUT2D eigenvalue weighted by atomic mass is 19.1. The molecule has 0 fully saturated rings. The fourth-order valence-corrected chi connectivity index (χ4v) is 1.80. The number of hydrogen-bond acceptors (Lipinski definition) is 3. The smallest absolute Gasteiger partial charge is 0.336 e. The Hall–Kier alpha value is -2.95. The second-order valence-corrected chi connectivity index (χ2v) is 4.46. The molecule has 0 aromatic heterocycles. The lowest BCUT2D eigenvalue weighted by Gasteiger charge is -2.03. The second kappa shape index (κ2) is 7.17. The lowest BCUT2D eigenvalue weighted by molar-refractivity contribution is -0.138. The van der Waals surface area contributed by atoms with Gasteiger partial charge >= 0.3 is 11.9 Å². The fourth-order valence-electron chi connectivity index (χ4n) is 1.80. The van der Waals surface area contributed by atoms with Crippen LogP contribution in [-0.4, -0.2) is 17.0 Å². The van der Waals surface area contributed by atoms with Gasteiger partial charge in [-0.2, -0.15) is 0 Å². The first kappa shape index (κ1) is 15.4. The van der Waals surface area contributed by atoms with E-state index in [4.69, 9.17) is 9.84 Å². The minimum Gasteiger partial charge on any atom is -0.478 e. The van der Waals surface area contributed by atoms with Gasteiger partial charge in [0, 0.05) is 6.08 Å². The molecule has 0 aliphatic rings. The van der Waals surface area contributed by atoms with Gasteiger partial charge in [0.1, 0.15) is 12.4 Å². The lowest BCUT2D eigenvalue weighted by Crippen LogP contribution is -2.02. The van der Waals surface area contributed by atoms with Gasteiger partial charge in [-0.3, -0.25) is 0 Å². The molecule has 5 heteroatoms. The molecule has 2 rings (SSSR count). The summed E-state index contributed by atoms with van der Waals surface area (Å²) < 4.78 is 18.2. The van der Waals surface area contributed by atoms with Crippen molar-refractivity contribution < 1.29 is 23.8 Å². The van der Waals surface area contributed by atoms with Crippen LogP contribution in [0.3, 0.4) is 0 Å². The molecule has 0 aliphatic heterocycles. The maximum Gasteiger partial charge on any atom is 0.336 e. The molecular weight excluding hydrogens is 287 g/mol. The fraction of sp³-hybridized carbons (Fsp3) is 0.0588. The number of ether oxygens (including phenoxy) is 1. The number of carboxylic acids is 1. The van der Waals surface area contributed by atoms with Crippen LogP contribution < -0.4 is 0 Å². The molecule has 22 heavy (non-hydrogen) atoms. The lowest BCUT2D eigenvalue weighted by atomic mass is 10.1. The van der Waals surface area contributed by atoms with Crippen molar-refractivity contribution in [2.24, 2.45) is 0 Å². The first-order valence-electron chi connectivity index (χ1n) is 6.48. The minimum absolute atomic E-state index is 0.0893. The van der Waals surface area contributed by atoms with E-state index in [9.17, 15) is 14.0 Å². The predicted molar refractivity (Wildman–Crippen MR) is 78.6 cm³/mol. The third-order valence-corrected chi connectivity index (χ3v) is 2.87. The van der Waals surface area contributed by atoms with E-state index in [2.05, 4.69) is 0 Å². The summed E-state index contributed by atoms with van der Waals surface area (Å²) in [6, 6.07) is 12.4. The zero-order chi connectivity index (χ0) is 15.9. The molecule has 0 saturated heterocycles. The van der Waals surface area contributed by atoms with Gasteiger partial charge in [0.2, 0.25) is 0 Å². The number of rotatable bonds is 5. The van der Waals surface area contributed by atoms with Crippen molar-refractivity contribution in [1.29, 1.82) is 0 Å². The number of benzene rings is 2. The van der Waals surface area contributed by atoms with E-state index in [1.54, 1.807) is 0 Å². The van der Waals surface area contributed by atoms with Crippen LogP contribution in [0.2, 0.25) is 0 Å². The summed E-state index contributed by atoms with van der Waals surface area (Å²) in [4.78, 5) is 22.6. The molecule has 0 unspecified atom stereocenters. The van der Waals surface area contributed by atoms with E-state index in [1.807, 2.05) is 30.3 Å². The normalized spacial score (nSPS) is 10.6.